The molecule has 1 saturated heterocycles. The molecule has 7 heteroatoms. The second-order valence-corrected chi connectivity index (χ2v) is 8.17. The Hall–Kier alpha value is -2.44. The van der Waals surface area contributed by atoms with Crippen LogP contribution in [0.4, 0.5) is 10.8 Å². The molecule has 3 aromatic rings. The van der Waals surface area contributed by atoms with Crippen molar-refractivity contribution in [2.24, 2.45) is 0 Å². The van der Waals surface area contributed by atoms with Gasteiger partial charge in [0.05, 0.1) is 0 Å². The molecule has 144 valence electrons. The van der Waals surface area contributed by atoms with Crippen molar-refractivity contribution < 1.29 is 4.79 Å². The van der Waals surface area contributed by atoms with E-state index in [4.69, 9.17) is 11.6 Å². The first-order chi connectivity index (χ1) is 13.6. The van der Waals surface area contributed by atoms with Gasteiger partial charge in [0.2, 0.25) is 11.0 Å². The van der Waals surface area contributed by atoms with E-state index >= 15 is 0 Å². The van der Waals surface area contributed by atoms with Crippen molar-refractivity contribution in [3.63, 3.8) is 0 Å². The van der Waals surface area contributed by atoms with Crippen molar-refractivity contribution >= 4 is 39.9 Å². The van der Waals surface area contributed by atoms with Crippen LogP contribution in [0.15, 0.2) is 48.5 Å². The van der Waals surface area contributed by atoms with Crippen molar-refractivity contribution in [3.8, 4) is 0 Å². The molecule has 1 amide bonds. The second-order valence-electron chi connectivity index (χ2n) is 7.00. The molecular weight excluding hydrogens is 392 g/mol. The summed E-state index contributed by atoms with van der Waals surface area (Å²) >= 11 is 7.30. The van der Waals surface area contributed by atoms with E-state index in [1.54, 1.807) is 0 Å². The van der Waals surface area contributed by atoms with E-state index in [2.05, 4.69) is 19.6 Å². The predicted molar refractivity (Wildman–Crippen MR) is 114 cm³/mol. The molecule has 1 aliphatic rings. The molecule has 2 aromatic carbocycles. The molecule has 0 unspecified atom stereocenters. The highest BCUT2D eigenvalue weighted by Crippen LogP contribution is 2.28. The molecule has 0 spiro atoms. The van der Waals surface area contributed by atoms with Crippen molar-refractivity contribution in [2.45, 2.75) is 32.2 Å². The fraction of sp³-hybridized carbons (Fsp3) is 0.286. The third kappa shape index (κ3) is 4.34. The number of amides is 1. The van der Waals surface area contributed by atoms with Crippen LogP contribution >= 0.6 is 23.1 Å². The first kappa shape index (κ1) is 18.9. The lowest BCUT2D eigenvalue weighted by Gasteiger charge is -2.22. The zero-order valence-corrected chi connectivity index (χ0v) is 17.1. The summed E-state index contributed by atoms with van der Waals surface area (Å²) in [5, 5.41) is 4.55. The monoisotopic (exact) mass is 412 g/mol. The number of carbonyl (C=O) groups excluding carboxylic acids is 1. The number of anilines is 2. The molecule has 1 aliphatic heterocycles. The van der Waals surface area contributed by atoms with Crippen molar-refractivity contribution in [1.82, 2.24) is 9.36 Å². The zero-order valence-electron chi connectivity index (χ0n) is 15.6. The number of nitrogens with zero attached hydrogens (tertiary/aromatic N) is 3. The Balaban J connectivity index is 1.44. The summed E-state index contributed by atoms with van der Waals surface area (Å²) in [5.74, 6) is 0.780. The smallest absolute Gasteiger partial charge is 0.247 e. The van der Waals surface area contributed by atoms with E-state index in [0.717, 1.165) is 46.6 Å². The zero-order chi connectivity index (χ0) is 19.5. The van der Waals surface area contributed by atoms with Crippen LogP contribution in [0, 0.1) is 6.92 Å². The molecule has 1 aromatic heterocycles. The van der Waals surface area contributed by atoms with E-state index in [-0.39, 0.29) is 11.9 Å². The lowest BCUT2D eigenvalue weighted by molar-refractivity contribution is -0.117. The Kier molecular flexibility index (Phi) is 5.59. The minimum absolute atomic E-state index is 0.0100. The van der Waals surface area contributed by atoms with Gasteiger partial charge in [-0.2, -0.15) is 4.37 Å². The molecule has 2 heterocycles. The topological polar surface area (TPSA) is 58.1 Å². The number of carbonyl (C=O) groups is 1. The van der Waals surface area contributed by atoms with Gasteiger partial charge in [-0.1, -0.05) is 41.4 Å². The van der Waals surface area contributed by atoms with Gasteiger partial charge >= 0.3 is 0 Å². The summed E-state index contributed by atoms with van der Waals surface area (Å²) in [6.45, 7) is 2.85. The highest BCUT2D eigenvalue weighted by molar-refractivity contribution is 7.09. The molecule has 5 nitrogen and oxygen atoms in total. The molecule has 28 heavy (non-hydrogen) atoms. The maximum Gasteiger partial charge on any atom is 0.247 e. The van der Waals surface area contributed by atoms with Crippen LogP contribution in [-0.4, -0.2) is 27.9 Å². The predicted octanol–water partition coefficient (Wildman–Crippen LogP) is 4.70. The Morgan fingerprint density at radius 2 is 1.96 bits per heavy atom. The third-order valence-electron chi connectivity index (χ3n) is 4.85. The van der Waals surface area contributed by atoms with Gasteiger partial charge in [-0.3, -0.25) is 4.79 Å². The average Bonchev–Trinajstić information content (AvgIpc) is 3.34. The van der Waals surface area contributed by atoms with Crippen LogP contribution in [0.25, 0.3) is 0 Å². The fourth-order valence-corrected chi connectivity index (χ4v) is 4.24. The van der Waals surface area contributed by atoms with Gasteiger partial charge in [0.15, 0.2) is 0 Å². The number of aromatic nitrogens is 2. The second kappa shape index (κ2) is 8.29. The normalized spacial score (nSPS) is 16.4. The number of halogens is 1. The Bertz CT molecular complexity index is 955. The van der Waals surface area contributed by atoms with E-state index < -0.39 is 0 Å². The Labute approximate surface area is 173 Å². The van der Waals surface area contributed by atoms with Crippen LogP contribution in [0.2, 0.25) is 5.02 Å². The van der Waals surface area contributed by atoms with Crippen molar-refractivity contribution in [3.05, 3.63) is 70.5 Å². The van der Waals surface area contributed by atoms with E-state index in [1.807, 2.05) is 55.5 Å². The summed E-state index contributed by atoms with van der Waals surface area (Å²) in [7, 11) is 0. The Morgan fingerprint density at radius 3 is 2.71 bits per heavy atom. The van der Waals surface area contributed by atoms with Crippen LogP contribution in [0.3, 0.4) is 0 Å². The molecule has 4 rings (SSSR count). The summed E-state index contributed by atoms with van der Waals surface area (Å²) in [6, 6.07) is 15.4. The summed E-state index contributed by atoms with van der Waals surface area (Å²) < 4.78 is 4.49. The molecule has 1 atom stereocenters. The van der Waals surface area contributed by atoms with Gasteiger partial charge < -0.3 is 10.2 Å². The molecule has 1 N–H and O–H groups in total. The lowest BCUT2D eigenvalue weighted by Crippen LogP contribution is -2.39. The Morgan fingerprint density at radius 1 is 1.21 bits per heavy atom. The van der Waals surface area contributed by atoms with Crippen LogP contribution in [-0.2, 0) is 11.2 Å². The van der Waals surface area contributed by atoms with E-state index in [9.17, 15) is 4.79 Å². The van der Waals surface area contributed by atoms with Crippen LogP contribution < -0.4 is 10.2 Å². The highest BCUT2D eigenvalue weighted by atomic mass is 35.5. The van der Waals surface area contributed by atoms with E-state index in [1.165, 1.54) is 17.1 Å². The SMILES string of the molecule is Cc1ccc(NC(=O)[C@H]2CCCN2c2nc(Cc3ccc(Cl)cc3)ns2)cc1. The number of benzene rings is 2. The molecule has 0 bridgehead atoms. The van der Waals surface area contributed by atoms with Gasteiger partial charge in [0, 0.05) is 35.2 Å². The standard InChI is InChI=1S/C21H21ClN4OS/c1-14-4-10-17(11-5-14)23-20(27)18-3-2-12-26(18)21-24-19(25-28-21)13-15-6-8-16(22)9-7-15/h4-11,18H,2-3,12-13H2,1H3,(H,23,27)/t18-/m1/s1. The van der Waals surface area contributed by atoms with Gasteiger partial charge in [-0.15, -0.1) is 0 Å². The molecule has 0 radical (unpaired) electrons. The third-order valence-corrected chi connectivity index (χ3v) is 5.90. The number of nitrogens with one attached hydrogen (secondary N) is 1. The first-order valence-electron chi connectivity index (χ1n) is 9.30. The summed E-state index contributed by atoms with van der Waals surface area (Å²) in [6.07, 6.45) is 2.45. The van der Waals surface area contributed by atoms with Crippen molar-refractivity contribution in [2.75, 3.05) is 16.8 Å². The quantitative estimate of drug-likeness (QED) is 0.660. The number of rotatable bonds is 5. The van der Waals surface area contributed by atoms with Crippen LogP contribution in [0.1, 0.15) is 29.8 Å². The minimum atomic E-state index is -0.211. The summed E-state index contributed by atoms with van der Waals surface area (Å²) in [4.78, 5) is 19.6. The molecular formula is C21H21ClN4OS. The van der Waals surface area contributed by atoms with E-state index in [0.29, 0.717) is 6.42 Å². The molecule has 1 fully saturated rings. The number of hydrogen-bond donors (Lipinski definition) is 1. The van der Waals surface area contributed by atoms with Gasteiger partial charge in [-0.25, -0.2) is 4.98 Å². The molecule has 0 aliphatic carbocycles. The number of hydrogen-bond acceptors (Lipinski definition) is 5. The first-order valence-corrected chi connectivity index (χ1v) is 10.4. The van der Waals surface area contributed by atoms with Crippen molar-refractivity contribution in [1.29, 1.82) is 0 Å². The van der Waals surface area contributed by atoms with Gasteiger partial charge in [0.1, 0.15) is 11.9 Å². The van der Waals surface area contributed by atoms with Gasteiger partial charge in [-0.05, 0) is 49.6 Å². The van der Waals surface area contributed by atoms with Crippen LogP contribution in [0.5, 0.6) is 0 Å². The largest absolute Gasteiger partial charge is 0.335 e. The maximum absolute atomic E-state index is 12.8. The summed E-state index contributed by atoms with van der Waals surface area (Å²) in [5.41, 5.74) is 3.11. The molecule has 0 saturated carbocycles. The maximum atomic E-state index is 12.8. The fourth-order valence-electron chi connectivity index (χ4n) is 3.35. The lowest BCUT2D eigenvalue weighted by atomic mass is 10.1. The number of aryl methyl sites for hydroxylation is 1. The highest BCUT2D eigenvalue weighted by Gasteiger charge is 2.33. The van der Waals surface area contributed by atoms with Gasteiger partial charge in [0.25, 0.3) is 0 Å². The average molecular weight is 413 g/mol. The minimum Gasteiger partial charge on any atom is -0.335 e.